The summed E-state index contributed by atoms with van der Waals surface area (Å²) in [4.78, 5) is 51.1. The summed E-state index contributed by atoms with van der Waals surface area (Å²) < 4.78 is 28.2. The van der Waals surface area contributed by atoms with Crippen LogP contribution < -0.4 is 0 Å². The van der Waals surface area contributed by atoms with Crippen LogP contribution in [0.5, 0.6) is 0 Å². The largest absolute Gasteiger partial charge is 0.479 e. The Hall–Kier alpha value is -6.18. The highest BCUT2D eigenvalue weighted by molar-refractivity contribution is 5.74. The van der Waals surface area contributed by atoms with Gasteiger partial charge < -0.3 is 39.0 Å². The molecule has 0 aromatic rings. The highest BCUT2D eigenvalue weighted by Crippen LogP contribution is 2.26. The van der Waals surface area contributed by atoms with E-state index in [-0.39, 0.29) is 19.3 Å². The van der Waals surface area contributed by atoms with Crippen molar-refractivity contribution in [3.63, 3.8) is 0 Å². The maximum absolute atomic E-state index is 13.1. The fourth-order valence-electron chi connectivity index (χ4n) is 7.54. The van der Waals surface area contributed by atoms with Gasteiger partial charge in [0.15, 0.2) is 24.6 Å². The number of carboxylic acid groups (broad SMARTS) is 1. The number of carbonyl (C=O) groups excluding carboxylic acids is 3. The Morgan fingerprint density at radius 2 is 0.765 bits per heavy atom. The topological polar surface area (TPSA) is 175 Å². The maximum atomic E-state index is 13.1. The fourth-order valence-corrected chi connectivity index (χ4v) is 7.54. The van der Waals surface area contributed by atoms with Crippen molar-refractivity contribution >= 4 is 23.9 Å². The summed E-state index contributed by atoms with van der Waals surface area (Å²) in [7, 11) is 0. The van der Waals surface area contributed by atoms with Crippen LogP contribution in [0.2, 0.25) is 0 Å². The predicted molar refractivity (Wildman–Crippen MR) is 330 cm³/mol. The lowest BCUT2D eigenvalue weighted by atomic mass is 9.98. The number of aliphatic hydroxyl groups excluding tert-OH is 2. The van der Waals surface area contributed by atoms with Crippen molar-refractivity contribution in [3.05, 3.63) is 182 Å². The summed E-state index contributed by atoms with van der Waals surface area (Å²) in [6, 6.07) is 0. The quantitative estimate of drug-likeness (QED) is 0.0228. The van der Waals surface area contributed by atoms with Crippen LogP contribution in [0.1, 0.15) is 175 Å². The van der Waals surface area contributed by atoms with Gasteiger partial charge >= 0.3 is 23.9 Å². The number of hydrogen-bond acceptors (Lipinski definition) is 11. The molecule has 0 radical (unpaired) electrons. The van der Waals surface area contributed by atoms with Gasteiger partial charge in [0.05, 0.1) is 6.61 Å². The summed E-state index contributed by atoms with van der Waals surface area (Å²) in [5, 5.41) is 31.5. The third-order valence-electron chi connectivity index (χ3n) is 12.0. The normalized spacial score (nSPS) is 19.0. The lowest BCUT2D eigenvalue weighted by Crippen LogP contribution is -2.61. The van der Waals surface area contributed by atoms with Gasteiger partial charge in [-0.1, -0.05) is 203 Å². The number of rotatable bonds is 47. The Kier molecular flexibility index (Phi) is 48.9. The number of esters is 3. The monoisotopic (exact) mass is 1120 g/mol. The molecule has 0 aromatic heterocycles. The molecule has 1 aliphatic heterocycles. The summed E-state index contributed by atoms with van der Waals surface area (Å²) in [6.07, 6.45) is 70.2. The van der Waals surface area contributed by atoms with Crippen molar-refractivity contribution in [1.82, 2.24) is 0 Å². The molecule has 3 N–H and O–H groups in total. The van der Waals surface area contributed by atoms with Gasteiger partial charge in [-0.3, -0.25) is 14.4 Å². The summed E-state index contributed by atoms with van der Waals surface area (Å²) >= 11 is 0. The highest BCUT2D eigenvalue weighted by Gasteiger charge is 2.50. The zero-order valence-electron chi connectivity index (χ0n) is 49.2. The smallest absolute Gasteiger partial charge is 0.335 e. The van der Waals surface area contributed by atoms with Crippen molar-refractivity contribution < 1.29 is 58.2 Å². The average molecular weight is 1120 g/mol. The van der Waals surface area contributed by atoms with Crippen molar-refractivity contribution in [3.8, 4) is 0 Å². The molecule has 0 saturated carbocycles. The standard InChI is InChI=1S/C69H100O12/c1-4-7-10-13-16-19-22-25-28-30-31-33-35-37-40-43-46-49-52-55-61(70)77-58-60(79-62(71)56-53-50-47-44-41-39-36-32-29-26-23-20-17-14-11-8-5-2)59-78-69-67(65(74)64(73)66(81-69)68(75)76)80-63(72)57-54-51-48-45-42-38-34-27-24-21-18-15-12-9-6-3/h7-12,16-21,25-29,31,33-34,36-37,39-40,42,44-47,49,60,64-67,69,73-74H,4-6,13-15,22-24,30,32,35,38,41,43,48,50-59H2,1-3H3,(H,75,76)/b10-7-,11-8-,12-9-,19-16-,20-17-,21-18-,28-25-,29-26-,33-31-,34-27-,39-36-,40-37-,45-42-,47-44-,49-46-. The molecule has 1 aliphatic rings. The van der Waals surface area contributed by atoms with E-state index in [0.717, 1.165) is 96.3 Å². The van der Waals surface area contributed by atoms with E-state index in [2.05, 4.69) is 173 Å². The van der Waals surface area contributed by atoms with E-state index in [4.69, 9.17) is 23.7 Å². The van der Waals surface area contributed by atoms with Crippen LogP contribution in [0.25, 0.3) is 0 Å². The number of carboxylic acids is 1. The molecule has 0 aromatic carbocycles. The minimum Gasteiger partial charge on any atom is -0.479 e. The molecular formula is C69H100O12. The first-order valence-electron chi connectivity index (χ1n) is 29.8. The molecule has 12 heteroatoms. The van der Waals surface area contributed by atoms with Crippen LogP contribution in [-0.2, 0) is 42.9 Å². The predicted octanol–water partition coefficient (Wildman–Crippen LogP) is 15.7. The van der Waals surface area contributed by atoms with Crippen molar-refractivity contribution in [2.75, 3.05) is 13.2 Å². The second-order valence-corrected chi connectivity index (χ2v) is 19.1. The molecule has 1 heterocycles. The van der Waals surface area contributed by atoms with E-state index in [1.165, 1.54) is 0 Å². The van der Waals surface area contributed by atoms with Gasteiger partial charge in [0, 0.05) is 19.3 Å². The maximum Gasteiger partial charge on any atom is 0.335 e. The highest BCUT2D eigenvalue weighted by atomic mass is 16.7. The van der Waals surface area contributed by atoms with Crippen LogP contribution in [0.15, 0.2) is 182 Å². The average Bonchev–Trinajstić information content (AvgIpc) is 3.53. The Morgan fingerprint density at radius 3 is 1.16 bits per heavy atom. The van der Waals surface area contributed by atoms with Crippen molar-refractivity contribution in [1.29, 1.82) is 0 Å². The van der Waals surface area contributed by atoms with Gasteiger partial charge in [-0.15, -0.1) is 0 Å². The van der Waals surface area contributed by atoms with Crippen LogP contribution >= 0.6 is 0 Å². The third kappa shape index (κ3) is 44.2. The molecule has 81 heavy (non-hydrogen) atoms. The Morgan fingerprint density at radius 1 is 0.407 bits per heavy atom. The molecule has 1 fully saturated rings. The van der Waals surface area contributed by atoms with Gasteiger partial charge in [-0.25, -0.2) is 4.79 Å². The molecule has 0 amide bonds. The Bertz CT molecular complexity index is 2110. The molecule has 0 bridgehead atoms. The fraction of sp³-hybridized carbons (Fsp3) is 0.507. The van der Waals surface area contributed by atoms with Crippen LogP contribution in [0, 0.1) is 0 Å². The lowest BCUT2D eigenvalue weighted by molar-refractivity contribution is -0.301. The van der Waals surface area contributed by atoms with Gasteiger partial charge in [-0.2, -0.15) is 0 Å². The third-order valence-corrected chi connectivity index (χ3v) is 12.0. The minimum absolute atomic E-state index is 0.0176. The van der Waals surface area contributed by atoms with Crippen molar-refractivity contribution in [2.24, 2.45) is 0 Å². The number of unbranched alkanes of at least 4 members (excludes halogenated alkanes) is 3. The summed E-state index contributed by atoms with van der Waals surface area (Å²) in [5.74, 6) is -3.41. The Labute approximate surface area is 487 Å². The van der Waals surface area contributed by atoms with E-state index in [9.17, 15) is 34.5 Å². The molecule has 12 nitrogen and oxygen atoms in total. The van der Waals surface area contributed by atoms with Crippen LogP contribution in [-0.4, -0.2) is 89.2 Å². The lowest BCUT2D eigenvalue weighted by Gasteiger charge is -2.40. The first-order chi connectivity index (χ1) is 39.6. The van der Waals surface area contributed by atoms with E-state index in [1.807, 2.05) is 30.4 Å². The molecular weight excluding hydrogens is 1020 g/mol. The van der Waals surface area contributed by atoms with E-state index >= 15 is 0 Å². The summed E-state index contributed by atoms with van der Waals surface area (Å²) in [6.45, 7) is 5.49. The molecule has 6 unspecified atom stereocenters. The first kappa shape index (κ1) is 72.8. The number of carbonyl (C=O) groups is 4. The van der Waals surface area contributed by atoms with Gasteiger partial charge in [0.25, 0.3) is 0 Å². The number of hydrogen-bond donors (Lipinski definition) is 3. The molecule has 0 aliphatic carbocycles. The van der Waals surface area contributed by atoms with Crippen LogP contribution in [0.4, 0.5) is 0 Å². The SMILES string of the molecule is CC/C=C\C/C=C\C/C=C\C/C=C\C/C=C\C/C=C\CCC(=O)OCC(COC1OC(C(=O)O)C(O)C(O)C1OC(=O)CCCC/C=C\C/C=C\C/C=C\C/C=C\CC)OC(=O)CCC/C=C\C/C=C\C/C=C\C/C=C\C/C=C\CC. The molecule has 448 valence electrons. The molecule has 1 rings (SSSR count). The first-order valence-corrected chi connectivity index (χ1v) is 29.8. The number of aliphatic hydroxyl groups is 2. The van der Waals surface area contributed by atoms with Gasteiger partial charge in [-0.05, 0) is 135 Å². The van der Waals surface area contributed by atoms with Crippen molar-refractivity contribution in [2.45, 2.75) is 212 Å². The molecule has 1 saturated heterocycles. The molecule has 6 atom stereocenters. The number of allylic oxidation sites excluding steroid dienone is 30. The van der Waals surface area contributed by atoms with E-state index < -0.39 is 73.9 Å². The minimum atomic E-state index is -1.95. The van der Waals surface area contributed by atoms with E-state index in [0.29, 0.717) is 38.5 Å². The second-order valence-electron chi connectivity index (χ2n) is 19.1. The summed E-state index contributed by atoms with van der Waals surface area (Å²) in [5.41, 5.74) is 0. The van der Waals surface area contributed by atoms with Gasteiger partial charge in [0.2, 0.25) is 0 Å². The van der Waals surface area contributed by atoms with Crippen LogP contribution in [0.3, 0.4) is 0 Å². The Balaban J connectivity index is 2.82. The second kappa shape index (κ2) is 54.4. The molecule has 0 spiro atoms. The zero-order chi connectivity index (χ0) is 58.9. The number of ether oxygens (including phenoxy) is 5. The van der Waals surface area contributed by atoms with Gasteiger partial charge in [0.1, 0.15) is 18.8 Å². The van der Waals surface area contributed by atoms with E-state index in [1.54, 1.807) is 0 Å². The zero-order valence-corrected chi connectivity index (χ0v) is 49.2. The number of aliphatic carboxylic acids is 1.